The van der Waals surface area contributed by atoms with Crippen LogP contribution >= 0.6 is 0 Å². The molecule has 5 nitrogen and oxygen atoms in total. The molecule has 2 saturated carbocycles. The molecule has 2 fully saturated rings. The van der Waals surface area contributed by atoms with Crippen molar-refractivity contribution in [3.63, 3.8) is 0 Å². The van der Waals surface area contributed by atoms with Gasteiger partial charge in [0.1, 0.15) is 11.2 Å². The second kappa shape index (κ2) is 4.97. The molecule has 0 aromatic rings. The van der Waals surface area contributed by atoms with Gasteiger partial charge >= 0.3 is 11.9 Å². The van der Waals surface area contributed by atoms with Crippen molar-refractivity contribution in [1.29, 1.82) is 0 Å². The summed E-state index contributed by atoms with van der Waals surface area (Å²) in [6.45, 7) is 10.9. The standard InChI is InChI=1S/C16H26O5/c1-15(2,3)20-13(18)8-7-9(17)11-10(8)12(11)14(19)21-16(4,5)6/h8-12,17H,7H2,1-6H3/t8-,9+,10+,11-,12-/m1/s1. The van der Waals surface area contributed by atoms with Crippen molar-refractivity contribution in [3.05, 3.63) is 0 Å². The summed E-state index contributed by atoms with van der Waals surface area (Å²) in [6, 6.07) is 0. The Morgan fingerprint density at radius 3 is 1.86 bits per heavy atom. The van der Waals surface area contributed by atoms with E-state index in [1.807, 2.05) is 41.5 Å². The summed E-state index contributed by atoms with van der Waals surface area (Å²) in [6.07, 6.45) is -0.242. The molecule has 2 aliphatic carbocycles. The van der Waals surface area contributed by atoms with Crippen molar-refractivity contribution < 1.29 is 24.2 Å². The van der Waals surface area contributed by atoms with Crippen molar-refractivity contribution in [3.8, 4) is 0 Å². The molecule has 0 saturated heterocycles. The molecule has 0 radical (unpaired) electrons. The van der Waals surface area contributed by atoms with Gasteiger partial charge in [0.25, 0.3) is 0 Å². The lowest BCUT2D eigenvalue weighted by atomic mass is 9.98. The van der Waals surface area contributed by atoms with Crippen LogP contribution in [0, 0.1) is 23.7 Å². The van der Waals surface area contributed by atoms with Gasteiger partial charge in [-0.2, -0.15) is 0 Å². The summed E-state index contributed by atoms with van der Waals surface area (Å²) in [5.41, 5.74) is -1.11. The van der Waals surface area contributed by atoms with Crippen molar-refractivity contribution in [1.82, 2.24) is 0 Å². The maximum absolute atomic E-state index is 12.2. The molecular weight excluding hydrogens is 272 g/mol. The van der Waals surface area contributed by atoms with Gasteiger partial charge in [-0.15, -0.1) is 0 Å². The zero-order valence-corrected chi connectivity index (χ0v) is 13.7. The second-order valence-corrected chi connectivity index (χ2v) is 8.16. The highest BCUT2D eigenvalue weighted by Gasteiger charge is 2.68. The van der Waals surface area contributed by atoms with Crippen LogP contribution < -0.4 is 0 Å². The van der Waals surface area contributed by atoms with Gasteiger partial charge in [-0.05, 0) is 53.9 Å². The topological polar surface area (TPSA) is 72.8 Å². The number of hydrogen-bond donors (Lipinski definition) is 1. The Labute approximate surface area is 126 Å². The van der Waals surface area contributed by atoms with Crippen LogP contribution in [0.25, 0.3) is 0 Å². The predicted octanol–water partition coefficient (Wildman–Crippen LogP) is 1.91. The van der Waals surface area contributed by atoms with E-state index in [4.69, 9.17) is 9.47 Å². The lowest BCUT2D eigenvalue weighted by molar-refractivity contribution is -0.162. The molecule has 120 valence electrons. The molecule has 0 aromatic heterocycles. The number of rotatable bonds is 2. The Hall–Kier alpha value is -1.10. The van der Waals surface area contributed by atoms with Crippen molar-refractivity contribution >= 4 is 11.9 Å². The lowest BCUT2D eigenvalue weighted by Crippen LogP contribution is -2.32. The Morgan fingerprint density at radius 2 is 1.38 bits per heavy atom. The Balaban J connectivity index is 2.02. The number of fused-ring (bicyclic) bond motifs is 1. The van der Waals surface area contributed by atoms with Gasteiger partial charge in [-0.25, -0.2) is 0 Å². The summed E-state index contributed by atoms with van der Waals surface area (Å²) in [4.78, 5) is 24.4. The second-order valence-electron chi connectivity index (χ2n) is 8.16. The molecule has 0 bridgehead atoms. The molecule has 0 spiro atoms. The van der Waals surface area contributed by atoms with E-state index in [0.29, 0.717) is 6.42 Å². The Morgan fingerprint density at radius 1 is 0.905 bits per heavy atom. The van der Waals surface area contributed by atoms with E-state index in [1.54, 1.807) is 0 Å². The number of aliphatic hydroxyl groups excluding tert-OH is 1. The third kappa shape index (κ3) is 3.57. The van der Waals surface area contributed by atoms with E-state index in [2.05, 4.69) is 0 Å². The van der Waals surface area contributed by atoms with Gasteiger partial charge in [-0.1, -0.05) is 0 Å². The monoisotopic (exact) mass is 298 g/mol. The quantitative estimate of drug-likeness (QED) is 0.788. The van der Waals surface area contributed by atoms with Crippen LogP contribution in [-0.4, -0.2) is 34.4 Å². The molecule has 1 N–H and O–H groups in total. The molecule has 2 rings (SSSR count). The van der Waals surface area contributed by atoms with E-state index in [1.165, 1.54) is 0 Å². The first-order valence-electron chi connectivity index (χ1n) is 7.54. The third-order valence-electron chi connectivity index (χ3n) is 3.93. The van der Waals surface area contributed by atoms with Gasteiger partial charge in [-0.3, -0.25) is 9.59 Å². The number of carbonyl (C=O) groups is 2. The van der Waals surface area contributed by atoms with Gasteiger partial charge in [0.15, 0.2) is 0 Å². The highest BCUT2D eigenvalue weighted by molar-refractivity contribution is 5.82. The smallest absolute Gasteiger partial charge is 0.310 e. The van der Waals surface area contributed by atoms with Gasteiger partial charge in [0.2, 0.25) is 0 Å². The molecular formula is C16H26O5. The fourth-order valence-corrected chi connectivity index (χ4v) is 3.26. The zero-order valence-electron chi connectivity index (χ0n) is 13.7. The molecule has 0 unspecified atom stereocenters. The van der Waals surface area contributed by atoms with Gasteiger partial charge < -0.3 is 14.6 Å². The average molecular weight is 298 g/mol. The summed E-state index contributed by atoms with van der Waals surface area (Å²) in [5.74, 6) is -1.70. The SMILES string of the molecule is CC(C)(C)OC(=O)[C@@H]1[C@@H]2[C@H]1[C@@H](O)C[C@H]2C(=O)OC(C)(C)C. The summed E-state index contributed by atoms with van der Waals surface area (Å²) >= 11 is 0. The summed E-state index contributed by atoms with van der Waals surface area (Å²) in [5, 5.41) is 10.1. The number of hydrogen-bond acceptors (Lipinski definition) is 5. The minimum atomic E-state index is -0.620. The summed E-state index contributed by atoms with van der Waals surface area (Å²) in [7, 11) is 0. The van der Waals surface area contributed by atoms with Gasteiger partial charge in [0.05, 0.1) is 17.9 Å². The minimum Gasteiger partial charge on any atom is -0.460 e. The fourth-order valence-electron chi connectivity index (χ4n) is 3.26. The van der Waals surface area contributed by atoms with Gasteiger partial charge in [0, 0.05) is 5.92 Å². The highest BCUT2D eigenvalue weighted by Crippen LogP contribution is 2.61. The minimum absolute atomic E-state index is 0.135. The van der Waals surface area contributed by atoms with Crippen LogP contribution in [0.5, 0.6) is 0 Å². The van der Waals surface area contributed by atoms with Crippen molar-refractivity contribution in [2.75, 3.05) is 0 Å². The number of aliphatic hydroxyl groups is 1. The normalized spacial score (nSPS) is 35.1. The van der Waals surface area contributed by atoms with Crippen molar-refractivity contribution in [2.24, 2.45) is 23.7 Å². The zero-order chi connectivity index (χ0) is 16.2. The van der Waals surface area contributed by atoms with Crippen molar-refractivity contribution in [2.45, 2.75) is 65.3 Å². The first-order valence-corrected chi connectivity index (χ1v) is 7.54. The highest BCUT2D eigenvalue weighted by atomic mass is 16.6. The first-order chi connectivity index (χ1) is 9.41. The van der Waals surface area contributed by atoms with Crippen LogP contribution in [0.2, 0.25) is 0 Å². The molecule has 0 amide bonds. The molecule has 0 heterocycles. The predicted molar refractivity (Wildman–Crippen MR) is 76.3 cm³/mol. The molecule has 0 aromatic carbocycles. The number of esters is 2. The summed E-state index contributed by atoms with van der Waals surface area (Å²) < 4.78 is 10.8. The fraction of sp³-hybridized carbons (Fsp3) is 0.875. The molecule has 5 atom stereocenters. The lowest BCUT2D eigenvalue weighted by Gasteiger charge is -2.24. The van der Waals surface area contributed by atoms with Crippen LogP contribution in [-0.2, 0) is 19.1 Å². The number of ether oxygens (including phenoxy) is 2. The molecule has 5 heteroatoms. The van der Waals surface area contributed by atoms with E-state index in [9.17, 15) is 14.7 Å². The average Bonchev–Trinajstić information content (AvgIpc) is 2.87. The first kappa shape index (κ1) is 16.3. The van der Waals surface area contributed by atoms with E-state index >= 15 is 0 Å². The van der Waals surface area contributed by atoms with E-state index in [-0.39, 0.29) is 29.7 Å². The van der Waals surface area contributed by atoms with Crippen LogP contribution in [0.4, 0.5) is 0 Å². The maximum Gasteiger partial charge on any atom is 0.310 e. The van der Waals surface area contributed by atoms with E-state index in [0.717, 1.165) is 0 Å². The molecule has 0 aliphatic heterocycles. The van der Waals surface area contributed by atoms with Crippen LogP contribution in [0.3, 0.4) is 0 Å². The Bertz CT molecular complexity index is 443. The van der Waals surface area contributed by atoms with E-state index < -0.39 is 23.2 Å². The maximum atomic E-state index is 12.2. The van der Waals surface area contributed by atoms with Crippen LogP contribution in [0.15, 0.2) is 0 Å². The van der Waals surface area contributed by atoms with Crippen LogP contribution in [0.1, 0.15) is 48.0 Å². The third-order valence-corrected chi connectivity index (χ3v) is 3.93. The number of carbonyl (C=O) groups excluding carboxylic acids is 2. The molecule has 21 heavy (non-hydrogen) atoms. The largest absolute Gasteiger partial charge is 0.460 e. The Kier molecular flexibility index (Phi) is 3.85. The molecule has 2 aliphatic rings.